The minimum absolute atomic E-state index is 0.0903. The number of hydrogen-bond acceptors (Lipinski definition) is 3. The van der Waals surface area contributed by atoms with E-state index in [1.807, 2.05) is 0 Å². The van der Waals surface area contributed by atoms with E-state index < -0.39 is 10.0 Å². The van der Waals surface area contributed by atoms with Crippen LogP contribution in [0.4, 0.5) is 0 Å². The molecule has 0 aromatic heterocycles. The molecule has 4 nitrogen and oxygen atoms in total. The van der Waals surface area contributed by atoms with Crippen LogP contribution in [0, 0.1) is 0 Å². The van der Waals surface area contributed by atoms with Gasteiger partial charge >= 0.3 is 0 Å². The molecule has 1 N–H and O–H groups in total. The van der Waals surface area contributed by atoms with Gasteiger partial charge in [-0.05, 0) is 32.1 Å². The van der Waals surface area contributed by atoms with E-state index in [9.17, 15) is 8.42 Å². The summed E-state index contributed by atoms with van der Waals surface area (Å²) in [6.07, 6.45) is 3.78. The second kappa shape index (κ2) is 6.79. The molecule has 96 valence electrons. The van der Waals surface area contributed by atoms with E-state index in [-0.39, 0.29) is 18.4 Å². The lowest BCUT2D eigenvalue weighted by molar-refractivity contribution is 0.264. The van der Waals surface area contributed by atoms with Gasteiger partial charge in [-0.25, -0.2) is 8.42 Å². The van der Waals surface area contributed by atoms with Gasteiger partial charge in [0.1, 0.15) is 0 Å². The predicted octanol–water partition coefficient (Wildman–Crippen LogP) is 1.18. The first-order chi connectivity index (χ1) is 7.61. The van der Waals surface area contributed by atoms with Crippen LogP contribution >= 0.6 is 11.6 Å². The molecule has 0 radical (unpaired) electrons. The third kappa shape index (κ3) is 3.87. The van der Waals surface area contributed by atoms with E-state index in [0.29, 0.717) is 25.3 Å². The van der Waals surface area contributed by atoms with Crippen LogP contribution in [0.1, 0.15) is 32.1 Å². The van der Waals surface area contributed by atoms with Gasteiger partial charge in [-0.3, -0.25) is 0 Å². The van der Waals surface area contributed by atoms with Crippen molar-refractivity contribution in [3.63, 3.8) is 0 Å². The molecule has 0 amide bonds. The van der Waals surface area contributed by atoms with Gasteiger partial charge in [0, 0.05) is 25.1 Å². The molecule has 0 aromatic carbocycles. The third-order valence-corrected chi connectivity index (χ3v) is 5.18. The minimum atomic E-state index is -3.13. The van der Waals surface area contributed by atoms with Gasteiger partial charge in [0.05, 0.1) is 5.75 Å². The highest BCUT2D eigenvalue weighted by Gasteiger charge is 2.32. The smallest absolute Gasteiger partial charge is 0.214 e. The molecule has 16 heavy (non-hydrogen) atoms. The van der Waals surface area contributed by atoms with Crippen LogP contribution in [0.25, 0.3) is 0 Å². The first-order valence-corrected chi connectivity index (χ1v) is 7.92. The zero-order chi connectivity index (χ0) is 12.0. The number of aliphatic hydroxyl groups excluding tert-OH is 1. The van der Waals surface area contributed by atoms with Crippen molar-refractivity contribution in [1.82, 2.24) is 4.31 Å². The number of aliphatic hydroxyl groups is 1. The quantitative estimate of drug-likeness (QED) is 0.706. The molecule has 0 spiro atoms. The summed E-state index contributed by atoms with van der Waals surface area (Å²) < 4.78 is 25.5. The first-order valence-electron chi connectivity index (χ1n) is 5.78. The molecule has 1 atom stereocenters. The van der Waals surface area contributed by atoms with Gasteiger partial charge in [0.2, 0.25) is 10.0 Å². The third-order valence-electron chi connectivity index (χ3n) is 2.91. The highest BCUT2D eigenvalue weighted by molar-refractivity contribution is 7.89. The fourth-order valence-electron chi connectivity index (χ4n) is 2.14. The Bertz CT molecular complexity index is 294. The van der Waals surface area contributed by atoms with Crippen LogP contribution in [-0.4, -0.2) is 48.7 Å². The van der Waals surface area contributed by atoms with Gasteiger partial charge in [0.15, 0.2) is 0 Å². The number of halogens is 1. The topological polar surface area (TPSA) is 57.6 Å². The molecule has 0 bridgehead atoms. The van der Waals surface area contributed by atoms with Crippen LogP contribution < -0.4 is 0 Å². The van der Waals surface area contributed by atoms with Crippen molar-refractivity contribution in [2.24, 2.45) is 0 Å². The van der Waals surface area contributed by atoms with E-state index in [1.54, 1.807) is 4.31 Å². The maximum atomic E-state index is 12.0. The van der Waals surface area contributed by atoms with Crippen LogP contribution in [-0.2, 0) is 10.0 Å². The number of nitrogens with zero attached hydrogens (tertiary/aromatic N) is 1. The molecule has 1 unspecified atom stereocenters. The molecule has 1 heterocycles. The molecule has 1 fully saturated rings. The Morgan fingerprint density at radius 2 is 2.12 bits per heavy atom. The van der Waals surface area contributed by atoms with Gasteiger partial charge < -0.3 is 5.11 Å². The Balaban J connectivity index is 2.55. The largest absolute Gasteiger partial charge is 0.396 e. The average Bonchev–Trinajstić information content (AvgIpc) is 2.72. The normalized spacial score (nSPS) is 22.8. The molecular formula is C10H20ClNO3S. The standard InChI is InChI=1S/C10H20ClNO3S/c11-6-3-9-16(14,15)12-7-1-4-10(12)5-2-8-13/h10,13H,1-9H2. The Labute approximate surface area is 103 Å². The van der Waals surface area contributed by atoms with E-state index in [0.717, 1.165) is 19.3 Å². The Morgan fingerprint density at radius 1 is 1.38 bits per heavy atom. The van der Waals surface area contributed by atoms with Crippen molar-refractivity contribution in [2.75, 3.05) is 24.8 Å². The van der Waals surface area contributed by atoms with Gasteiger partial charge in [0.25, 0.3) is 0 Å². The fraction of sp³-hybridized carbons (Fsp3) is 1.00. The Morgan fingerprint density at radius 3 is 2.75 bits per heavy atom. The zero-order valence-corrected chi connectivity index (χ0v) is 11.0. The molecule has 0 aromatic rings. The van der Waals surface area contributed by atoms with Gasteiger partial charge in [-0.1, -0.05) is 0 Å². The van der Waals surface area contributed by atoms with Crippen molar-refractivity contribution in [3.05, 3.63) is 0 Å². The Kier molecular flexibility index (Phi) is 6.03. The van der Waals surface area contributed by atoms with E-state index in [2.05, 4.69) is 0 Å². The van der Waals surface area contributed by atoms with Crippen molar-refractivity contribution in [2.45, 2.75) is 38.1 Å². The van der Waals surface area contributed by atoms with Crippen molar-refractivity contribution < 1.29 is 13.5 Å². The van der Waals surface area contributed by atoms with Crippen LogP contribution in [0.2, 0.25) is 0 Å². The lowest BCUT2D eigenvalue weighted by Gasteiger charge is -2.23. The van der Waals surface area contributed by atoms with E-state index in [4.69, 9.17) is 16.7 Å². The van der Waals surface area contributed by atoms with Crippen molar-refractivity contribution in [3.8, 4) is 0 Å². The molecule has 0 aliphatic carbocycles. The molecule has 6 heteroatoms. The fourth-order valence-corrected chi connectivity index (χ4v) is 4.25. The number of rotatable bonds is 7. The molecule has 1 rings (SSSR count). The maximum Gasteiger partial charge on any atom is 0.214 e. The summed E-state index contributed by atoms with van der Waals surface area (Å²) in [5.41, 5.74) is 0. The Hall–Kier alpha value is 0.160. The minimum Gasteiger partial charge on any atom is -0.396 e. The summed E-state index contributed by atoms with van der Waals surface area (Å²) in [6.45, 7) is 0.757. The molecular weight excluding hydrogens is 250 g/mol. The predicted molar refractivity (Wildman–Crippen MR) is 65.2 cm³/mol. The zero-order valence-electron chi connectivity index (χ0n) is 9.44. The molecule has 1 aliphatic rings. The summed E-state index contributed by atoms with van der Waals surface area (Å²) in [4.78, 5) is 0. The summed E-state index contributed by atoms with van der Waals surface area (Å²) in [7, 11) is -3.13. The van der Waals surface area contributed by atoms with Crippen LogP contribution in [0.15, 0.2) is 0 Å². The molecule has 1 saturated heterocycles. The maximum absolute atomic E-state index is 12.0. The average molecular weight is 270 g/mol. The summed E-state index contributed by atoms with van der Waals surface area (Å²) >= 11 is 5.52. The summed E-state index contributed by atoms with van der Waals surface area (Å²) in [5, 5.41) is 8.77. The van der Waals surface area contributed by atoms with E-state index in [1.165, 1.54) is 0 Å². The van der Waals surface area contributed by atoms with Crippen LogP contribution in [0.5, 0.6) is 0 Å². The monoisotopic (exact) mass is 269 g/mol. The van der Waals surface area contributed by atoms with Crippen molar-refractivity contribution in [1.29, 1.82) is 0 Å². The number of alkyl halides is 1. The highest BCUT2D eigenvalue weighted by atomic mass is 35.5. The lowest BCUT2D eigenvalue weighted by Crippen LogP contribution is -2.37. The first kappa shape index (κ1) is 14.2. The van der Waals surface area contributed by atoms with E-state index >= 15 is 0 Å². The molecule has 1 aliphatic heterocycles. The van der Waals surface area contributed by atoms with Gasteiger partial charge in [-0.15, -0.1) is 11.6 Å². The van der Waals surface area contributed by atoms with Crippen LogP contribution in [0.3, 0.4) is 0 Å². The summed E-state index contributed by atoms with van der Waals surface area (Å²) in [5.74, 6) is 0.528. The second-order valence-corrected chi connectivity index (χ2v) is 6.55. The lowest BCUT2D eigenvalue weighted by atomic mass is 10.1. The summed E-state index contributed by atoms with van der Waals surface area (Å²) in [6, 6.07) is 0.0903. The number of hydrogen-bond donors (Lipinski definition) is 1. The van der Waals surface area contributed by atoms with Gasteiger partial charge in [-0.2, -0.15) is 4.31 Å². The van der Waals surface area contributed by atoms with Crippen molar-refractivity contribution >= 4 is 21.6 Å². The molecule has 0 saturated carbocycles. The second-order valence-electron chi connectivity index (χ2n) is 4.13. The number of sulfonamides is 1. The highest BCUT2D eigenvalue weighted by Crippen LogP contribution is 2.25. The SMILES string of the molecule is O=S(=O)(CCCCl)N1CCCC1CCCO.